The molecule has 27 heavy (non-hydrogen) atoms. The van der Waals surface area contributed by atoms with Gasteiger partial charge in [-0.05, 0) is 29.7 Å². The van der Waals surface area contributed by atoms with Crippen LogP contribution < -0.4 is 25.4 Å². The Balaban J connectivity index is 1.32. The summed E-state index contributed by atoms with van der Waals surface area (Å²) >= 11 is 0. The molecule has 0 fully saturated rings. The highest BCUT2D eigenvalue weighted by Crippen LogP contribution is 2.30. The molecule has 0 spiro atoms. The van der Waals surface area contributed by atoms with Gasteiger partial charge in [0, 0.05) is 13.1 Å². The first-order valence-electron chi connectivity index (χ1n) is 8.91. The van der Waals surface area contributed by atoms with Crippen molar-refractivity contribution in [2.24, 2.45) is 0 Å². The van der Waals surface area contributed by atoms with E-state index >= 15 is 0 Å². The molecule has 0 aromatic heterocycles. The number of carbonyl (C=O) groups is 2. The Kier molecular flexibility index (Phi) is 6.51. The second-order valence-electron chi connectivity index (χ2n) is 6.10. The van der Waals surface area contributed by atoms with Crippen molar-refractivity contribution in [2.75, 3.05) is 26.3 Å². The molecule has 0 saturated heterocycles. The summed E-state index contributed by atoms with van der Waals surface area (Å²) in [5.74, 6) is 1.25. The van der Waals surface area contributed by atoms with E-state index in [1.165, 1.54) is 0 Å². The van der Waals surface area contributed by atoms with Crippen LogP contribution in [0.4, 0.5) is 4.79 Å². The Bertz CT molecular complexity index is 780. The smallest absolute Gasteiger partial charge is 0.315 e. The molecule has 0 bridgehead atoms. The van der Waals surface area contributed by atoms with Gasteiger partial charge in [0.15, 0.2) is 11.5 Å². The van der Waals surface area contributed by atoms with Crippen LogP contribution in [0, 0.1) is 0 Å². The van der Waals surface area contributed by atoms with Crippen LogP contribution in [0.25, 0.3) is 0 Å². The van der Waals surface area contributed by atoms with Gasteiger partial charge < -0.3 is 25.4 Å². The Labute approximate surface area is 158 Å². The van der Waals surface area contributed by atoms with E-state index in [2.05, 4.69) is 16.0 Å². The largest absolute Gasteiger partial charge is 0.486 e. The van der Waals surface area contributed by atoms with Crippen molar-refractivity contribution in [1.29, 1.82) is 0 Å². The average molecular weight is 369 g/mol. The van der Waals surface area contributed by atoms with E-state index in [4.69, 9.17) is 9.47 Å². The highest BCUT2D eigenvalue weighted by Gasteiger charge is 2.11. The van der Waals surface area contributed by atoms with Gasteiger partial charge in [0.25, 0.3) is 0 Å². The zero-order valence-electron chi connectivity index (χ0n) is 15.0. The summed E-state index contributed by atoms with van der Waals surface area (Å²) in [6.45, 7) is 1.94. The second-order valence-corrected chi connectivity index (χ2v) is 6.10. The molecule has 1 aliphatic rings. The van der Waals surface area contributed by atoms with Crippen LogP contribution in [0.2, 0.25) is 0 Å². The van der Waals surface area contributed by atoms with E-state index < -0.39 is 0 Å². The molecule has 0 radical (unpaired) electrons. The van der Waals surface area contributed by atoms with E-state index in [0.29, 0.717) is 32.7 Å². The Hall–Kier alpha value is -3.22. The third-order valence-corrected chi connectivity index (χ3v) is 4.05. The number of hydrogen-bond donors (Lipinski definition) is 3. The van der Waals surface area contributed by atoms with E-state index in [1.54, 1.807) is 0 Å². The Morgan fingerprint density at radius 1 is 0.852 bits per heavy atom. The molecule has 3 N–H and O–H groups in total. The molecular formula is C20H23N3O4. The molecule has 7 heteroatoms. The molecule has 2 aromatic carbocycles. The van der Waals surface area contributed by atoms with Crippen molar-refractivity contribution >= 4 is 11.9 Å². The molecule has 1 heterocycles. The fourth-order valence-electron chi connectivity index (χ4n) is 2.65. The first-order chi connectivity index (χ1) is 13.2. The van der Waals surface area contributed by atoms with Crippen LogP contribution in [0.5, 0.6) is 11.5 Å². The Morgan fingerprint density at radius 2 is 1.63 bits per heavy atom. The number of amides is 3. The lowest BCUT2D eigenvalue weighted by atomic mass is 10.1. The molecule has 142 valence electrons. The van der Waals surface area contributed by atoms with Gasteiger partial charge in [0.2, 0.25) is 5.91 Å². The van der Waals surface area contributed by atoms with Gasteiger partial charge in [-0.15, -0.1) is 0 Å². The van der Waals surface area contributed by atoms with Crippen molar-refractivity contribution in [3.05, 3.63) is 59.7 Å². The van der Waals surface area contributed by atoms with Gasteiger partial charge in [-0.3, -0.25) is 4.79 Å². The number of hydrogen-bond acceptors (Lipinski definition) is 4. The lowest BCUT2D eigenvalue weighted by molar-refractivity contribution is -0.120. The Morgan fingerprint density at radius 3 is 2.44 bits per heavy atom. The standard InChI is InChI=1S/C20H23N3O4/c24-19(14-23-20(25)22-13-16-4-2-1-3-5-16)21-9-8-15-6-7-17-18(12-15)27-11-10-26-17/h1-7,12H,8-11,13-14H2,(H,21,24)(H2,22,23,25). The first kappa shape index (κ1) is 18.6. The monoisotopic (exact) mass is 369 g/mol. The average Bonchev–Trinajstić information content (AvgIpc) is 2.71. The first-order valence-corrected chi connectivity index (χ1v) is 8.91. The lowest BCUT2D eigenvalue weighted by Crippen LogP contribution is -2.42. The van der Waals surface area contributed by atoms with E-state index in [9.17, 15) is 9.59 Å². The van der Waals surface area contributed by atoms with Gasteiger partial charge in [-0.25, -0.2) is 4.79 Å². The SMILES string of the molecule is O=C(CNC(=O)NCc1ccccc1)NCCc1ccc2c(c1)OCCO2. The molecule has 3 rings (SSSR count). The number of rotatable bonds is 7. The number of benzene rings is 2. The molecule has 0 aliphatic carbocycles. The summed E-state index contributed by atoms with van der Waals surface area (Å²) in [6.07, 6.45) is 0.669. The molecule has 2 aromatic rings. The fraction of sp³-hybridized carbons (Fsp3) is 0.300. The number of ether oxygens (including phenoxy) is 2. The van der Waals surface area contributed by atoms with Crippen molar-refractivity contribution in [3.63, 3.8) is 0 Å². The summed E-state index contributed by atoms with van der Waals surface area (Å²) in [5, 5.41) is 8.04. The maximum absolute atomic E-state index is 11.8. The van der Waals surface area contributed by atoms with E-state index in [-0.39, 0.29) is 18.5 Å². The van der Waals surface area contributed by atoms with Gasteiger partial charge in [0.1, 0.15) is 13.2 Å². The zero-order chi connectivity index (χ0) is 18.9. The summed E-state index contributed by atoms with van der Waals surface area (Å²) in [5.41, 5.74) is 2.05. The predicted octanol–water partition coefficient (Wildman–Crippen LogP) is 1.62. The van der Waals surface area contributed by atoms with Crippen molar-refractivity contribution < 1.29 is 19.1 Å². The molecule has 0 atom stereocenters. The maximum atomic E-state index is 11.8. The fourth-order valence-corrected chi connectivity index (χ4v) is 2.65. The third kappa shape index (κ3) is 5.91. The van der Waals surface area contributed by atoms with Gasteiger partial charge in [0.05, 0.1) is 6.54 Å². The molecule has 3 amide bonds. The zero-order valence-corrected chi connectivity index (χ0v) is 15.0. The van der Waals surface area contributed by atoms with Gasteiger partial charge in [-0.2, -0.15) is 0 Å². The number of nitrogens with one attached hydrogen (secondary N) is 3. The molecule has 0 saturated carbocycles. The van der Waals surface area contributed by atoms with Crippen molar-refractivity contribution in [3.8, 4) is 11.5 Å². The molecule has 0 unspecified atom stereocenters. The number of urea groups is 1. The molecule has 1 aliphatic heterocycles. The van der Waals surface area contributed by atoms with Crippen LogP contribution >= 0.6 is 0 Å². The van der Waals surface area contributed by atoms with Crippen LogP contribution in [-0.2, 0) is 17.8 Å². The lowest BCUT2D eigenvalue weighted by Gasteiger charge is -2.18. The second kappa shape index (κ2) is 9.47. The maximum Gasteiger partial charge on any atom is 0.315 e. The van der Waals surface area contributed by atoms with Gasteiger partial charge in [-0.1, -0.05) is 36.4 Å². The highest BCUT2D eigenvalue weighted by atomic mass is 16.6. The minimum absolute atomic E-state index is 0.0677. The van der Waals surface area contributed by atoms with Crippen molar-refractivity contribution in [1.82, 2.24) is 16.0 Å². The van der Waals surface area contributed by atoms with Crippen molar-refractivity contribution in [2.45, 2.75) is 13.0 Å². The predicted molar refractivity (Wildman–Crippen MR) is 101 cm³/mol. The summed E-state index contributed by atoms with van der Waals surface area (Å²) in [4.78, 5) is 23.6. The number of fused-ring (bicyclic) bond motifs is 1. The van der Waals surface area contributed by atoms with Crippen LogP contribution in [0.3, 0.4) is 0 Å². The number of carbonyl (C=O) groups excluding carboxylic acids is 2. The van der Waals surface area contributed by atoms with E-state index in [1.807, 2.05) is 48.5 Å². The molecule has 7 nitrogen and oxygen atoms in total. The minimum atomic E-state index is -0.374. The van der Waals surface area contributed by atoms with Crippen LogP contribution in [-0.4, -0.2) is 38.2 Å². The van der Waals surface area contributed by atoms with Gasteiger partial charge >= 0.3 is 6.03 Å². The normalized spacial score (nSPS) is 12.1. The molecular weight excluding hydrogens is 346 g/mol. The van der Waals surface area contributed by atoms with E-state index in [0.717, 1.165) is 22.6 Å². The van der Waals surface area contributed by atoms with Crippen LogP contribution in [0.1, 0.15) is 11.1 Å². The topological polar surface area (TPSA) is 88.7 Å². The minimum Gasteiger partial charge on any atom is -0.486 e. The quantitative estimate of drug-likeness (QED) is 0.692. The summed E-state index contributed by atoms with van der Waals surface area (Å²) in [7, 11) is 0. The third-order valence-electron chi connectivity index (χ3n) is 4.05. The van der Waals surface area contributed by atoms with Crippen LogP contribution in [0.15, 0.2) is 48.5 Å². The summed E-state index contributed by atoms with van der Waals surface area (Å²) in [6, 6.07) is 15.0. The summed E-state index contributed by atoms with van der Waals surface area (Å²) < 4.78 is 11.0. The highest BCUT2D eigenvalue weighted by molar-refractivity contribution is 5.83.